The minimum absolute atomic E-state index is 0.0239. The lowest BCUT2D eigenvalue weighted by molar-refractivity contribution is -0.124. The summed E-state index contributed by atoms with van der Waals surface area (Å²) in [5.74, 6) is 0.853. The van der Waals surface area contributed by atoms with Gasteiger partial charge in [-0.2, -0.15) is 0 Å². The van der Waals surface area contributed by atoms with E-state index in [1.807, 2.05) is 24.3 Å². The van der Waals surface area contributed by atoms with Gasteiger partial charge in [-0.3, -0.25) is 4.79 Å². The molecule has 4 heteroatoms. The molecule has 1 fully saturated rings. The topological polar surface area (TPSA) is 64.4 Å². The van der Waals surface area contributed by atoms with Crippen LogP contribution in [0.2, 0.25) is 0 Å². The third-order valence-electron chi connectivity index (χ3n) is 3.74. The summed E-state index contributed by atoms with van der Waals surface area (Å²) in [5.41, 5.74) is 6.38. The van der Waals surface area contributed by atoms with Gasteiger partial charge in [0.05, 0.1) is 18.2 Å². The van der Waals surface area contributed by atoms with E-state index in [0.29, 0.717) is 6.61 Å². The van der Waals surface area contributed by atoms with E-state index >= 15 is 0 Å². The Morgan fingerprint density at radius 1 is 1.39 bits per heavy atom. The number of carbonyl (C=O) groups is 1. The van der Waals surface area contributed by atoms with E-state index in [1.165, 1.54) is 0 Å². The van der Waals surface area contributed by atoms with Crippen molar-refractivity contribution in [1.29, 1.82) is 0 Å². The van der Waals surface area contributed by atoms with Crippen LogP contribution in [0, 0.1) is 0 Å². The molecule has 0 saturated heterocycles. The van der Waals surface area contributed by atoms with Crippen molar-refractivity contribution in [2.75, 3.05) is 6.61 Å². The van der Waals surface area contributed by atoms with Crippen LogP contribution in [0.15, 0.2) is 24.3 Å². The lowest BCUT2D eigenvalue weighted by Gasteiger charge is -2.20. The van der Waals surface area contributed by atoms with Gasteiger partial charge in [-0.05, 0) is 31.7 Å². The van der Waals surface area contributed by atoms with Crippen molar-refractivity contribution in [3.63, 3.8) is 0 Å². The van der Waals surface area contributed by atoms with Gasteiger partial charge in [0, 0.05) is 5.56 Å². The van der Waals surface area contributed by atoms with Crippen LogP contribution in [0.25, 0.3) is 0 Å². The molecule has 1 aliphatic carbocycles. The summed E-state index contributed by atoms with van der Waals surface area (Å²) in [5, 5.41) is 3.07. The highest BCUT2D eigenvalue weighted by molar-refractivity contribution is 5.89. The number of hydrogen-bond acceptors (Lipinski definition) is 3. The summed E-state index contributed by atoms with van der Waals surface area (Å²) in [6.45, 7) is 0.706. The molecule has 18 heavy (non-hydrogen) atoms. The molecular weight excluding hydrogens is 228 g/mol. The van der Waals surface area contributed by atoms with Crippen LogP contribution in [-0.4, -0.2) is 18.1 Å². The van der Waals surface area contributed by atoms with E-state index in [4.69, 9.17) is 10.5 Å². The summed E-state index contributed by atoms with van der Waals surface area (Å²) < 4.78 is 5.68. The van der Waals surface area contributed by atoms with Crippen molar-refractivity contribution in [2.24, 2.45) is 5.73 Å². The highest BCUT2D eigenvalue weighted by Crippen LogP contribution is 2.35. The molecular formula is C14H18N2O2. The Labute approximate surface area is 107 Å². The van der Waals surface area contributed by atoms with Gasteiger partial charge in [0.2, 0.25) is 5.91 Å². The molecule has 1 aromatic carbocycles. The number of hydrogen-bond donors (Lipinski definition) is 2. The molecule has 0 bridgehead atoms. The van der Waals surface area contributed by atoms with Gasteiger partial charge in [0.25, 0.3) is 0 Å². The second-order valence-corrected chi connectivity index (χ2v) is 5.21. The molecule has 1 aliphatic heterocycles. The second-order valence-electron chi connectivity index (χ2n) is 5.21. The molecule has 0 spiro atoms. The van der Waals surface area contributed by atoms with Crippen LogP contribution in [0.3, 0.4) is 0 Å². The molecule has 1 unspecified atom stereocenters. The molecule has 1 heterocycles. The van der Waals surface area contributed by atoms with Crippen molar-refractivity contribution in [3.05, 3.63) is 29.8 Å². The standard InChI is InChI=1S/C14H18N2O2/c15-14(7-8-14)13(17)16-11-5-3-9-18-12-6-2-1-4-10(11)12/h1-2,4,6,11H,3,5,7-9,15H2,(H,16,17). The van der Waals surface area contributed by atoms with Gasteiger partial charge in [0.1, 0.15) is 5.75 Å². The first-order chi connectivity index (χ1) is 8.69. The van der Waals surface area contributed by atoms with Gasteiger partial charge in [0.15, 0.2) is 0 Å². The zero-order chi connectivity index (χ0) is 12.6. The molecule has 1 amide bonds. The number of fused-ring (bicyclic) bond motifs is 1. The van der Waals surface area contributed by atoms with Gasteiger partial charge in [-0.25, -0.2) is 0 Å². The molecule has 0 aromatic heterocycles. The number of ether oxygens (including phenoxy) is 1. The number of para-hydroxylation sites is 1. The Morgan fingerprint density at radius 3 is 2.94 bits per heavy atom. The SMILES string of the molecule is NC1(C(=O)NC2CCCOc3ccccc32)CC1. The Hall–Kier alpha value is -1.55. The van der Waals surface area contributed by atoms with E-state index in [0.717, 1.165) is 37.0 Å². The summed E-state index contributed by atoms with van der Waals surface area (Å²) in [4.78, 5) is 12.0. The van der Waals surface area contributed by atoms with Crippen LogP contribution in [0.5, 0.6) is 5.75 Å². The predicted molar refractivity (Wildman–Crippen MR) is 68.2 cm³/mol. The van der Waals surface area contributed by atoms with E-state index in [1.54, 1.807) is 0 Å². The van der Waals surface area contributed by atoms with Gasteiger partial charge < -0.3 is 15.8 Å². The van der Waals surface area contributed by atoms with Crippen molar-refractivity contribution < 1.29 is 9.53 Å². The summed E-state index contributed by atoms with van der Waals surface area (Å²) >= 11 is 0. The molecule has 1 saturated carbocycles. The molecule has 1 aromatic rings. The third kappa shape index (κ3) is 2.08. The lowest BCUT2D eigenvalue weighted by atomic mass is 10.0. The summed E-state index contributed by atoms with van der Waals surface area (Å²) in [7, 11) is 0. The first-order valence-corrected chi connectivity index (χ1v) is 6.51. The van der Waals surface area contributed by atoms with Crippen LogP contribution >= 0.6 is 0 Å². The van der Waals surface area contributed by atoms with Crippen molar-refractivity contribution in [2.45, 2.75) is 37.3 Å². The lowest BCUT2D eigenvalue weighted by Crippen LogP contribution is -2.44. The average molecular weight is 246 g/mol. The largest absolute Gasteiger partial charge is 0.493 e. The Morgan fingerprint density at radius 2 is 2.17 bits per heavy atom. The quantitative estimate of drug-likeness (QED) is 0.831. The predicted octanol–water partition coefficient (Wildman–Crippen LogP) is 1.51. The van der Waals surface area contributed by atoms with Crippen LogP contribution in [-0.2, 0) is 4.79 Å². The molecule has 1 atom stereocenters. The fourth-order valence-corrected chi connectivity index (χ4v) is 2.34. The maximum absolute atomic E-state index is 12.0. The highest BCUT2D eigenvalue weighted by Gasteiger charge is 2.46. The molecule has 0 radical (unpaired) electrons. The molecule has 2 aliphatic rings. The Balaban J connectivity index is 1.81. The zero-order valence-electron chi connectivity index (χ0n) is 10.3. The average Bonchev–Trinajstić information content (AvgIpc) is 3.15. The van der Waals surface area contributed by atoms with Crippen molar-refractivity contribution in [3.8, 4) is 5.75 Å². The third-order valence-corrected chi connectivity index (χ3v) is 3.74. The number of carbonyl (C=O) groups excluding carboxylic acids is 1. The normalized spacial score (nSPS) is 24.4. The number of amides is 1. The second kappa shape index (κ2) is 4.28. The first kappa shape index (κ1) is 11.5. The zero-order valence-corrected chi connectivity index (χ0v) is 10.3. The smallest absolute Gasteiger partial charge is 0.240 e. The van der Waals surface area contributed by atoms with Gasteiger partial charge in [-0.15, -0.1) is 0 Å². The van der Waals surface area contributed by atoms with Crippen LogP contribution in [0.4, 0.5) is 0 Å². The van der Waals surface area contributed by atoms with E-state index in [2.05, 4.69) is 5.32 Å². The van der Waals surface area contributed by atoms with E-state index in [9.17, 15) is 4.79 Å². The van der Waals surface area contributed by atoms with Crippen molar-refractivity contribution >= 4 is 5.91 Å². The molecule has 4 nitrogen and oxygen atoms in total. The van der Waals surface area contributed by atoms with Gasteiger partial charge in [-0.1, -0.05) is 18.2 Å². The summed E-state index contributed by atoms with van der Waals surface area (Å²) in [6.07, 6.45) is 3.43. The maximum Gasteiger partial charge on any atom is 0.240 e. The summed E-state index contributed by atoms with van der Waals surface area (Å²) in [6, 6.07) is 7.92. The van der Waals surface area contributed by atoms with Crippen molar-refractivity contribution in [1.82, 2.24) is 5.32 Å². The molecule has 3 N–H and O–H groups in total. The van der Waals surface area contributed by atoms with Crippen LogP contribution in [0.1, 0.15) is 37.3 Å². The fraction of sp³-hybridized carbons (Fsp3) is 0.500. The molecule has 96 valence electrons. The number of benzene rings is 1. The number of rotatable bonds is 2. The number of nitrogens with two attached hydrogens (primary N) is 1. The highest BCUT2D eigenvalue weighted by atomic mass is 16.5. The van der Waals surface area contributed by atoms with E-state index in [-0.39, 0.29) is 11.9 Å². The first-order valence-electron chi connectivity index (χ1n) is 6.51. The van der Waals surface area contributed by atoms with Crippen LogP contribution < -0.4 is 15.8 Å². The minimum atomic E-state index is -0.609. The maximum atomic E-state index is 12.0. The van der Waals surface area contributed by atoms with E-state index < -0.39 is 5.54 Å². The number of nitrogens with one attached hydrogen (secondary N) is 1. The Bertz CT molecular complexity index is 469. The van der Waals surface area contributed by atoms with Gasteiger partial charge >= 0.3 is 0 Å². The Kier molecular flexibility index (Phi) is 2.74. The minimum Gasteiger partial charge on any atom is -0.493 e. The monoisotopic (exact) mass is 246 g/mol. The molecule has 3 rings (SSSR count). The fourth-order valence-electron chi connectivity index (χ4n) is 2.34.